The summed E-state index contributed by atoms with van der Waals surface area (Å²) in [6.07, 6.45) is 3.71. The second-order valence-electron chi connectivity index (χ2n) is 5.02. The number of carbonyl (C=O) groups is 2. The average Bonchev–Trinajstić information content (AvgIpc) is 2.58. The van der Waals surface area contributed by atoms with Gasteiger partial charge in [0.15, 0.2) is 0 Å². The minimum Gasteiger partial charge on any atom is -0.458 e. The zero-order valence-corrected chi connectivity index (χ0v) is 13.0. The minimum atomic E-state index is -0.367. The van der Waals surface area contributed by atoms with Crippen LogP contribution in [0.3, 0.4) is 0 Å². The van der Waals surface area contributed by atoms with Gasteiger partial charge in [-0.2, -0.15) is 0 Å². The van der Waals surface area contributed by atoms with Crippen molar-refractivity contribution < 1.29 is 14.3 Å². The van der Waals surface area contributed by atoms with Crippen molar-refractivity contribution >= 4 is 18.0 Å². The zero-order chi connectivity index (χ0) is 16.5. The fourth-order valence-corrected chi connectivity index (χ4v) is 1.94. The van der Waals surface area contributed by atoms with Crippen LogP contribution in [0.25, 0.3) is 6.08 Å². The maximum atomic E-state index is 11.9. The van der Waals surface area contributed by atoms with Gasteiger partial charge in [-0.15, -0.1) is 0 Å². The molecule has 118 valence electrons. The van der Waals surface area contributed by atoms with E-state index in [1.54, 1.807) is 30.3 Å². The summed E-state index contributed by atoms with van der Waals surface area (Å²) in [6, 6.07) is 16.8. The van der Waals surface area contributed by atoms with Gasteiger partial charge in [0.25, 0.3) is 0 Å². The first-order valence-electron chi connectivity index (χ1n) is 7.37. The van der Waals surface area contributed by atoms with Gasteiger partial charge in [0, 0.05) is 13.5 Å². The molecular formula is C19H19NO3. The molecule has 0 aliphatic heterocycles. The lowest BCUT2D eigenvalue weighted by Gasteiger charge is -2.05. The molecule has 0 heterocycles. The Hall–Kier alpha value is -2.88. The molecule has 0 fully saturated rings. The first-order valence-corrected chi connectivity index (χ1v) is 7.37. The van der Waals surface area contributed by atoms with Crippen LogP contribution in [0.2, 0.25) is 0 Å². The van der Waals surface area contributed by atoms with E-state index >= 15 is 0 Å². The summed E-state index contributed by atoms with van der Waals surface area (Å²) in [7, 11) is 0. The Morgan fingerprint density at radius 1 is 1.04 bits per heavy atom. The molecule has 0 aromatic heterocycles. The largest absolute Gasteiger partial charge is 0.458 e. The molecule has 0 atom stereocenters. The van der Waals surface area contributed by atoms with Crippen LogP contribution in [-0.2, 0) is 16.1 Å². The Morgan fingerprint density at radius 2 is 1.74 bits per heavy atom. The Kier molecular flexibility index (Phi) is 6.12. The summed E-state index contributed by atoms with van der Waals surface area (Å²) < 4.78 is 5.19. The fraction of sp³-hybridized carbons (Fsp3) is 0.158. The highest BCUT2D eigenvalue weighted by molar-refractivity contribution is 5.89. The molecular weight excluding hydrogens is 290 g/mol. The van der Waals surface area contributed by atoms with Gasteiger partial charge in [0.05, 0.1) is 5.56 Å². The van der Waals surface area contributed by atoms with Crippen molar-refractivity contribution in [3.63, 3.8) is 0 Å². The molecule has 2 rings (SSSR count). The summed E-state index contributed by atoms with van der Waals surface area (Å²) in [6.45, 7) is 2.14. The van der Waals surface area contributed by atoms with E-state index in [0.29, 0.717) is 12.1 Å². The van der Waals surface area contributed by atoms with Crippen molar-refractivity contribution in [2.24, 2.45) is 0 Å². The minimum absolute atomic E-state index is 0.0845. The van der Waals surface area contributed by atoms with Gasteiger partial charge in [0.1, 0.15) is 6.61 Å². The molecule has 2 aromatic carbocycles. The molecule has 0 aliphatic rings. The van der Waals surface area contributed by atoms with Crippen molar-refractivity contribution in [1.82, 2.24) is 5.32 Å². The number of amides is 1. The molecule has 4 nitrogen and oxygen atoms in total. The highest BCUT2D eigenvalue weighted by atomic mass is 16.5. The predicted octanol–water partition coefficient (Wildman–Crippen LogP) is 3.19. The second-order valence-corrected chi connectivity index (χ2v) is 5.02. The van der Waals surface area contributed by atoms with Gasteiger partial charge in [-0.25, -0.2) is 4.79 Å². The van der Waals surface area contributed by atoms with E-state index in [0.717, 1.165) is 11.1 Å². The number of rotatable bonds is 6. The van der Waals surface area contributed by atoms with Crippen molar-refractivity contribution in [1.29, 1.82) is 0 Å². The first kappa shape index (κ1) is 16.5. The third-order valence-corrected chi connectivity index (χ3v) is 3.15. The number of hydrogen-bond donors (Lipinski definition) is 1. The Bertz CT molecular complexity index is 676. The molecule has 2 aromatic rings. The fourth-order valence-electron chi connectivity index (χ4n) is 1.94. The van der Waals surface area contributed by atoms with Gasteiger partial charge in [-0.1, -0.05) is 48.5 Å². The number of benzene rings is 2. The van der Waals surface area contributed by atoms with Gasteiger partial charge >= 0.3 is 5.97 Å². The molecule has 1 N–H and O–H groups in total. The zero-order valence-electron chi connectivity index (χ0n) is 13.0. The topological polar surface area (TPSA) is 55.4 Å². The van der Waals surface area contributed by atoms with Crippen LogP contribution in [0.15, 0.2) is 60.7 Å². The SMILES string of the molecule is CC(=O)NCc1ccc(C(=O)OC/C=C/c2ccccc2)cc1. The van der Waals surface area contributed by atoms with Gasteiger partial charge < -0.3 is 10.1 Å². The second kappa shape index (κ2) is 8.54. The highest BCUT2D eigenvalue weighted by Crippen LogP contribution is 2.07. The number of nitrogens with one attached hydrogen (secondary N) is 1. The predicted molar refractivity (Wildman–Crippen MR) is 89.7 cm³/mol. The quantitative estimate of drug-likeness (QED) is 0.834. The molecule has 1 amide bonds. The van der Waals surface area contributed by atoms with Gasteiger partial charge in [-0.05, 0) is 29.3 Å². The third kappa shape index (κ3) is 5.79. The average molecular weight is 309 g/mol. The molecule has 0 bridgehead atoms. The summed E-state index contributed by atoms with van der Waals surface area (Å²) in [5.74, 6) is -0.451. The molecule has 0 spiro atoms. The van der Waals surface area contributed by atoms with Crippen LogP contribution >= 0.6 is 0 Å². The van der Waals surface area contributed by atoms with E-state index < -0.39 is 0 Å². The molecule has 0 saturated heterocycles. The summed E-state index contributed by atoms with van der Waals surface area (Å²) in [5.41, 5.74) is 2.48. The Balaban J connectivity index is 1.81. The van der Waals surface area contributed by atoms with E-state index in [4.69, 9.17) is 4.74 Å². The normalized spacial score (nSPS) is 10.5. The standard InChI is InChI=1S/C19H19NO3/c1-15(21)20-14-17-9-11-18(12-10-17)19(22)23-13-5-8-16-6-3-2-4-7-16/h2-12H,13-14H2,1H3,(H,20,21)/b8-5+. The molecule has 0 saturated carbocycles. The molecule has 23 heavy (non-hydrogen) atoms. The number of hydrogen-bond acceptors (Lipinski definition) is 3. The maximum absolute atomic E-state index is 11.9. The summed E-state index contributed by atoms with van der Waals surface area (Å²) in [5, 5.41) is 2.70. The van der Waals surface area contributed by atoms with Crippen LogP contribution in [0.1, 0.15) is 28.4 Å². The van der Waals surface area contributed by atoms with Crippen LogP contribution in [0, 0.1) is 0 Å². The number of carbonyl (C=O) groups excluding carboxylic acids is 2. The lowest BCUT2D eigenvalue weighted by molar-refractivity contribution is -0.119. The van der Waals surface area contributed by atoms with Gasteiger partial charge in [0.2, 0.25) is 5.91 Å². The van der Waals surface area contributed by atoms with E-state index in [1.807, 2.05) is 36.4 Å². The molecule has 0 radical (unpaired) electrons. The molecule has 0 unspecified atom stereocenters. The lowest BCUT2D eigenvalue weighted by atomic mass is 10.1. The van der Waals surface area contributed by atoms with Crippen LogP contribution in [-0.4, -0.2) is 18.5 Å². The third-order valence-electron chi connectivity index (χ3n) is 3.15. The van der Waals surface area contributed by atoms with Crippen molar-refractivity contribution in [3.8, 4) is 0 Å². The van der Waals surface area contributed by atoms with Crippen LogP contribution in [0.4, 0.5) is 0 Å². The van der Waals surface area contributed by atoms with Crippen molar-refractivity contribution in [2.45, 2.75) is 13.5 Å². The smallest absolute Gasteiger partial charge is 0.338 e. The van der Waals surface area contributed by atoms with Crippen molar-refractivity contribution in [3.05, 3.63) is 77.4 Å². The number of ether oxygens (including phenoxy) is 1. The molecule has 0 aliphatic carbocycles. The first-order chi connectivity index (χ1) is 11.1. The van der Waals surface area contributed by atoms with Crippen LogP contribution < -0.4 is 5.32 Å². The van der Waals surface area contributed by atoms with E-state index in [2.05, 4.69) is 5.32 Å². The van der Waals surface area contributed by atoms with Gasteiger partial charge in [-0.3, -0.25) is 4.79 Å². The Morgan fingerprint density at radius 3 is 2.39 bits per heavy atom. The maximum Gasteiger partial charge on any atom is 0.338 e. The summed E-state index contributed by atoms with van der Waals surface area (Å²) >= 11 is 0. The molecule has 4 heteroatoms. The van der Waals surface area contributed by atoms with Crippen molar-refractivity contribution in [2.75, 3.05) is 6.61 Å². The van der Waals surface area contributed by atoms with E-state index in [9.17, 15) is 9.59 Å². The number of esters is 1. The van der Waals surface area contributed by atoms with E-state index in [-0.39, 0.29) is 18.5 Å². The highest BCUT2D eigenvalue weighted by Gasteiger charge is 2.06. The lowest BCUT2D eigenvalue weighted by Crippen LogP contribution is -2.18. The summed E-state index contributed by atoms with van der Waals surface area (Å²) in [4.78, 5) is 22.8. The monoisotopic (exact) mass is 309 g/mol. The van der Waals surface area contributed by atoms with E-state index in [1.165, 1.54) is 6.92 Å². The Labute approximate surface area is 135 Å². The van der Waals surface area contributed by atoms with Crippen LogP contribution in [0.5, 0.6) is 0 Å².